The van der Waals surface area contributed by atoms with Crippen LogP contribution in [-0.4, -0.2) is 28.7 Å². The van der Waals surface area contributed by atoms with E-state index in [0.717, 1.165) is 43.6 Å². The minimum Gasteiger partial charge on any atom is -0.293 e. The molecule has 0 saturated carbocycles. The van der Waals surface area contributed by atoms with Crippen LogP contribution in [0.1, 0.15) is 0 Å². The van der Waals surface area contributed by atoms with Crippen LogP contribution in [-0.2, 0) is 0 Å². The summed E-state index contributed by atoms with van der Waals surface area (Å²) in [5, 5.41) is 2.48. The molecule has 3 aromatic heterocycles. The molecule has 6 rings (SSSR count). The second kappa shape index (κ2) is 6.61. The molecule has 0 amide bonds. The van der Waals surface area contributed by atoms with Crippen molar-refractivity contribution in [3.05, 3.63) is 66.7 Å². The highest BCUT2D eigenvalue weighted by atomic mass is 32.2. The Bertz CT molecular complexity index is 1490. The lowest BCUT2D eigenvalue weighted by Gasteiger charge is -2.07. The van der Waals surface area contributed by atoms with E-state index < -0.39 is 0 Å². The number of fused-ring (bicyclic) bond motifs is 4. The van der Waals surface area contributed by atoms with Crippen LogP contribution in [0.25, 0.3) is 44.4 Å². The smallest absolute Gasteiger partial charge is 0.195 e. The number of hydrogen-bond acceptors (Lipinski definition) is 7. The number of aromatic nitrogens is 6. The number of hydrogen-bond donors (Lipinski definition) is 1. The molecule has 0 saturated heterocycles. The molecule has 0 aliphatic heterocycles. The summed E-state index contributed by atoms with van der Waals surface area (Å²) in [6, 6.07) is 22.0. The van der Waals surface area contributed by atoms with Crippen LogP contribution in [0.15, 0.2) is 76.9 Å². The lowest BCUT2D eigenvalue weighted by molar-refractivity contribution is 1.06. The first-order valence-corrected chi connectivity index (χ1v) is 10.5. The Labute approximate surface area is 173 Å². The summed E-state index contributed by atoms with van der Waals surface area (Å²) in [6.45, 7) is 0. The fraction of sp³-hybridized carbons (Fsp3) is 0. The van der Waals surface area contributed by atoms with Gasteiger partial charge in [0.05, 0.1) is 16.6 Å². The van der Waals surface area contributed by atoms with Gasteiger partial charge in [-0.05, 0) is 30.0 Å². The minimum atomic E-state index is 0.656. The van der Waals surface area contributed by atoms with E-state index in [-0.39, 0.29) is 0 Å². The van der Waals surface area contributed by atoms with Crippen LogP contribution < -0.4 is 0 Å². The zero-order valence-electron chi connectivity index (χ0n) is 14.9. The average Bonchev–Trinajstić information content (AvgIpc) is 3.40. The van der Waals surface area contributed by atoms with Crippen molar-refractivity contribution in [1.82, 2.24) is 28.7 Å². The van der Waals surface area contributed by atoms with E-state index in [1.54, 1.807) is 0 Å². The standard InChI is InChI=1S/C21H12N6S2/c1-2-6-12(7-3-1)19-22-14-9-5-4-8-13(14)20(25-19)28-21-23-15-10-11-16-18(17(15)24-21)27-29-26-16/h1-11,26H. The molecule has 3 aromatic carbocycles. The molecule has 0 bridgehead atoms. The van der Waals surface area contributed by atoms with E-state index >= 15 is 0 Å². The predicted octanol–water partition coefficient (Wildman–Crippen LogP) is 5.33. The van der Waals surface area contributed by atoms with Gasteiger partial charge < -0.3 is 0 Å². The third-order valence-electron chi connectivity index (χ3n) is 4.63. The molecule has 1 N–H and O–H groups in total. The van der Waals surface area contributed by atoms with Gasteiger partial charge in [-0.25, -0.2) is 19.9 Å². The highest BCUT2D eigenvalue weighted by molar-refractivity contribution is 7.99. The van der Waals surface area contributed by atoms with E-state index in [4.69, 9.17) is 15.0 Å². The highest BCUT2D eigenvalue weighted by Gasteiger charge is 2.15. The normalized spacial score (nSPS) is 11.6. The molecule has 0 fully saturated rings. The van der Waals surface area contributed by atoms with Crippen LogP contribution in [0.2, 0.25) is 0 Å². The summed E-state index contributed by atoms with van der Waals surface area (Å²) < 4.78 is 7.58. The van der Waals surface area contributed by atoms with Gasteiger partial charge in [0.1, 0.15) is 16.1 Å². The Morgan fingerprint density at radius 3 is 2.52 bits per heavy atom. The summed E-state index contributed by atoms with van der Waals surface area (Å²) in [6.07, 6.45) is 0. The lowest BCUT2D eigenvalue weighted by atomic mass is 10.2. The van der Waals surface area contributed by atoms with Gasteiger partial charge in [0.25, 0.3) is 0 Å². The molecule has 6 aromatic rings. The van der Waals surface area contributed by atoms with Crippen molar-refractivity contribution in [3.8, 4) is 11.4 Å². The summed E-state index contributed by atoms with van der Waals surface area (Å²) in [5.41, 5.74) is 5.34. The molecular formula is C21H12N6S2. The zero-order valence-corrected chi connectivity index (χ0v) is 16.5. The van der Waals surface area contributed by atoms with Gasteiger partial charge in [0.2, 0.25) is 0 Å². The molecular weight excluding hydrogens is 400 g/mol. The number of nitrogens with zero attached hydrogens (tertiary/aromatic N) is 5. The van der Waals surface area contributed by atoms with Gasteiger partial charge in [-0.1, -0.05) is 48.5 Å². The Morgan fingerprint density at radius 1 is 0.724 bits per heavy atom. The van der Waals surface area contributed by atoms with Crippen LogP contribution >= 0.6 is 23.5 Å². The molecule has 0 unspecified atom stereocenters. The summed E-state index contributed by atoms with van der Waals surface area (Å²) in [4.78, 5) is 19.0. The predicted molar refractivity (Wildman–Crippen MR) is 116 cm³/mol. The first kappa shape index (κ1) is 16.6. The van der Waals surface area contributed by atoms with Crippen molar-refractivity contribution in [2.45, 2.75) is 10.2 Å². The summed E-state index contributed by atoms with van der Waals surface area (Å²) >= 11 is 2.77. The maximum atomic E-state index is 4.84. The molecule has 138 valence electrons. The van der Waals surface area contributed by atoms with Crippen molar-refractivity contribution < 1.29 is 0 Å². The van der Waals surface area contributed by atoms with E-state index in [1.165, 1.54) is 23.5 Å². The van der Waals surface area contributed by atoms with Crippen molar-refractivity contribution in [3.63, 3.8) is 0 Å². The van der Waals surface area contributed by atoms with Gasteiger partial charge >= 0.3 is 0 Å². The van der Waals surface area contributed by atoms with E-state index in [9.17, 15) is 0 Å². The van der Waals surface area contributed by atoms with Gasteiger partial charge in [-0.2, -0.15) is 4.37 Å². The maximum Gasteiger partial charge on any atom is 0.195 e. The van der Waals surface area contributed by atoms with Crippen molar-refractivity contribution in [2.75, 3.05) is 0 Å². The highest BCUT2D eigenvalue weighted by Crippen LogP contribution is 2.33. The Balaban J connectivity index is 1.51. The van der Waals surface area contributed by atoms with Crippen molar-refractivity contribution in [2.24, 2.45) is 0 Å². The van der Waals surface area contributed by atoms with Crippen molar-refractivity contribution >= 4 is 56.5 Å². The first-order chi connectivity index (χ1) is 14.3. The number of H-pyrrole nitrogens is 1. The molecule has 3 heterocycles. The number of rotatable bonds is 3. The SMILES string of the molecule is c1ccc(-c2nc(Sc3nc4ccc5[nH]snc5c4n3)c3ccccc3n2)cc1. The summed E-state index contributed by atoms with van der Waals surface area (Å²) in [5.74, 6) is 0.694. The second-order valence-electron chi connectivity index (χ2n) is 6.46. The average molecular weight is 413 g/mol. The molecule has 0 aliphatic carbocycles. The molecule has 6 nitrogen and oxygen atoms in total. The topological polar surface area (TPSA) is 80.2 Å². The quantitative estimate of drug-likeness (QED) is 0.396. The van der Waals surface area contributed by atoms with E-state index in [0.29, 0.717) is 11.0 Å². The Kier molecular flexibility index (Phi) is 3.78. The molecule has 0 atom stereocenters. The number of nitrogens with one attached hydrogen (secondary N) is 1. The Morgan fingerprint density at radius 2 is 1.59 bits per heavy atom. The number of aromatic amines is 1. The third kappa shape index (κ3) is 2.84. The van der Waals surface area contributed by atoms with Gasteiger partial charge in [-0.15, -0.1) is 0 Å². The van der Waals surface area contributed by atoms with Crippen LogP contribution in [0.3, 0.4) is 0 Å². The van der Waals surface area contributed by atoms with E-state index in [1.807, 2.05) is 66.7 Å². The zero-order chi connectivity index (χ0) is 19.2. The maximum absolute atomic E-state index is 4.84. The third-order valence-corrected chi connectivity index (χ3v) is 6.09. The number of imidazole rings is 1. The van der Waals surface area contributed by atoms with Gasteiger partial charge in [0.15, 0.2) is 11.0 Å². The monoisotopic (exact) mass is 412 g/mol. The minimum absolute atomic E-state index is 0.656. The molecule has 29 heavy (non-hydrogen) atoms. The Hall–Kier alpha value is -3.36. The molecule has 8 heteroatoms. The summed E-state index contributed by atoms with van der Waals surface area (Å²) in [7, 11) is 0. The largest absolute Gasteiger partial charge is 0.293 e. The fourth-order valence-corrected chi connectivity index (χ4v) is 4.71. The molecule has 0 spiro atoms. The number of para-hydroxylation sites is 1. The van der Waals surface area contributed by atoms with Crippen LogP contribution in [0.4, 0.5) is 0 Å². The van der Waals surface area contributed by atoms with Crippen LogP contribution in [0, 0.1) is 0 Å². The van der Waals surface area contributed by atoms with Crippen LogP contribution in [0.5, 0.6) is 0 Å². The van der Waals surface area contributed by atoms with Gasteiger partial charge in [0, 0.05) is 22.7 Å². The lowest BCUT2D eigenvalue weighted by Crippen LogP contribution is -1.94. The van der Waals surface area contributed by atoms with Crippen molar-refractivity contribution in [1.29, 1.82) is 0 Å². The molecule has 0 aliphatic rings. The number of benzene rings is 3. The molecule has 0 radical (unpaired) electrons. The van der Waals surface area contributed by atoms with Gasteiger partial charge in [-0.3, -0.25) is 4.37 Å². The second-order valence-corrected chi connectivity index (χ2v) is 7.98. The van der Waals surface area contributed by atoms with E-state index in [2.05, 4.69) is 13.7 Å². The first-order valence-electron chi connectivity index (χ1n) is 8.96. The fourth-order valence-electron chi connectivity index (χ4n) is 3.26.